The first-order chi connectivity index (χ1) is 15.3. The molecule has 164 valence electrons. The van der Waals surface area contributed by atoms with Crippen LogP contribution in [0.4, 0.5) is 0 Å². The minimum absolute atomic E-state index is 0.195. The Kier molecular flexibility index (Phi) is 5.84. The van der Waals surface area contributed by atoms with E-state index in [2.05, 4.69) is 15.1 Å². The number of hydrogen-bond donors (Lipinski definition) is 1. The van der Waals surface area contributed by atoms with Crippen LogP contribution in [-0.2, 0) is 13.1 Å². The van der Waals surface area contributed by atoms with E-state index in [9.17, 15) is 9.90 Å². The number of phenols is 1. The summed E-state index contributed by atoms with van der Waals surface area (Å²) in [4.78, 5) is 24.4. The van der Waals surface area contributed by atoms with Crippen molar-refractivity contribution in [3.8, 4) is 17.1 Å². The Morgan fingerprint density at radius 3 is 2.62 bits per heavy atom. The molecule has 4 rings (SSSR count). The number of halogens is 1. The third-order valence-electron chi connectivity index (χ3n) is 5.57. The van der Waals surface area contributed by atoms with E-state index in [4.69, 9.17) is 11.6 Å². The third-order valence-corrected chi connectivity index (χ3v) is 5.81. The van der Waals surface area contributed by atoms with Crippen molar-refractivity contribution < 1.29 is 9.90 Å². The van der Waals surface area contributed by atoms with E-state index in [1.807, 2.05) is 18.5 Å². The van der Waals surface area contributed by atoms with Gasteiger partial charge in [-0.3, -0.25) is 9.48 Å². The topological polar surface area (TPSA) is 84.1 Å². The van der Waals surface area contributed by atoms with Gasteiger partial charge in [-0.15, -0.1) is 0 Å². The van der Waals surface area contributed by atoms with Gasteiger partial charge in [-0.25, -0.2) is 9.97 Å². The van der Waals surface area contributed by atoms with Crippen LogP contribution in [0.1, 0.15) is 34.2 Å². The molecule has 2 aromatic heterocycles. The zero-order chi connectivity index (χ0) is 23.0. The molecule has 1 N–H and O–H groups in total. The number of nitrogens with zero attached hydrogens (tertiary/aromatic N) is 5. The number of carbonyl (C=O) groups is 1. The number of benzene rings is 2. The van der Waals surface area contributed by atoms with E-state index in [0.717, 1.165) is 17.8 Å². The molecule has 4 aromatic rings. The Hall–Kier alpha value is -3.45. The number of aromatic hydroxyl groups is 1. The van der Waals surface area contributed by atoms with Crippen molar-refractivity contribution in [2.75, 3.05) is 7.05 Å². The Bertz CT molecular complexity index is 1330. The van der Waals surface area contributed by atoms with E-state index in [1.54, 1.807) is 61.5 Å². The van der Waals surface area contributed by atoms with Crippen LogP contribution in [0.2, 0.25) is 5.02 Å². The molecule has 0 aliphatic rings. The van der Waals surface area contributed by atoms with Gasteiger partial charge in [-0.1, -0.05) is 11.6 Å². The van der Waals surface area contributed by atoms with Gasteiger partial charge >= 0.3 is 0 Å². The molecule has 0 saturated heterocycles. The Labute approximate surface area is 191 Å². The molecular formula is C24H24ClN5O2. The summed E-state index contributed by atoms with van der Waals surface area (Å²) in [5, 5.41) is 15.3. The number of aromatic nitrogens is 4. The molecule has 8 heteroatoms. The van der Waals surface area contributed by atoms with Gasteiger partial charge < -0.3 is 10.0 Å². The normalized spacial score (nSPS) is 11.2. The molecule has 0 unspecified atom stereocenters. The predicted octanol–water partition coefficient (Wildman–Crippen LogP) is 4.76. The smallest absolute Gasteiger partial charge is 0.273 e. The van der Waals surface area contributed by atoms with Crippen molar-refractivity contribution in [1.29, 1.82) is 0 Å². The molecule has 0 aliphatic carbocycles. The van der Waals surface area contributed by atoms with E-state index in [1.165, 1.54) is 0 Å². The summed E-state index contributed by atoms with van der Waals surface area (Å²) >= 11 is 6.22. The van der Waals surface area contributed by atoms with Crippen molar-refractivity contribution in [1.82, 2.24) is 24.6 Å². The minimum atomic E-state index is -0.236. The van der Waals surface area contributed by atoms with Crippen LogP contribution in [0.5, 0.6) is 5.75 Å². The molecule has 0 bridgehead atoms. The monoisotopic (exact) mass is 449 g/mol. The third kappa shape index (κ3) is 4.03. The van der Waals surface area contributed by atoms with Crippen molar-refractivity contribution in [2.45, 2.75) is 33.9 Å². The first-order valence-corrected chi connectivity index (χ1v) is 10.7. The zero-order valence-corrected chi connectivity index (χ0v) is 19.2. The highest BCUT2D eigenvalue weighted by Crippen LogP contribution is 2.28. The summed E-state index contributed by atoms with van der Waals surface area (Å²) in [7, 11) is 1.74. The largest absolute Gasteiger partial charge is 0.508 e. The lowest BCUT2D eigenvalue weighted by Crippen LogP contribution is -2.27. The minimum Gasteiger partial charge on any atom is -0.508 e. The van der Waals surface area contributed by atoms with Crippen LogP contribution < -0.4 is 0 Å². The second-order valence-electron chi connectivity index (χ2n) is 7.79. The van der Waals surface area contributed by atoms with Crippen LogP contribution in [-0.4, -0.2) is 42.7 Å². The average Bonchev–Trinajstić information content (AvgIpc) is 3.13. The highest BCUT2D eigenvalue weighted by atomic mass is 35.5. The van der Waals surface area contributed by atoms with Crippen molar-refractivity contribution in [2.24, 2.45) is 0 Å². The van der Waals surface area contributed by atoms with Crippen molar-refractivity contribution in [3.63, 3.8) is 0 Å². The molecule has 2 aromatic carbocycles. The first kappa shape index (κ1) is 21.8. The summed E-state index contributed by atoms with van der Waals surface area (Å²) in [6, 6.07) is 10.4. The molecule has 0 aliphatic heterocycles. The highest BCUT2D eigenvalue weighted by Gasteiger charge is 2.21. The quantitative estimate of drug-likeness (QED) is 0.474. The van der Waals surface area contributed by atoms with E-state index >= 15 is 0 Å². The predicted molar refractivity (Wildman–Crippen MR) is 125 cm³/mol. The fourth-order valence-electron chi connectivity index (χ4n) is 3.65. The zero-order valence-electron chi connectivity index (χ0n) is 18.4. The van der Waals surface area contributed by atoms with Crippen LogP contribution in [0.15, 0.2) is 42.6 Å². The van der Waals surface area contributed by atoms with Gasteiger partial charge in [0.1, 0.15) is 11.4 Å². The summed E-state index contributed by atoms with van der Waals surface area (Å²) in [5.74, 6) is 0.370. The molecule has 0 atom stereocenters. The van der Waals surface area contributed by atoms with Gasteiger partial charge in [0.25, 0.3) is 5.91 Å². The summed E-state index contributed by atoms with van der Waals surface area (Å²) in [5.41, 5.74) is 4.33. The number of amides is 1. The summed E-state index contributed by atoms with van der Waals surface area (Å²) in [6.45, 7) is 7.01. The average molecular weight is 450 g/mol. The van der Waals surface area contributed by atoms with Gasteiger partial charge in [0.15, 0.2) is 5.82 Å². The van der Waals surface area contributed by atoms with Gasteiger partial charge in [-0.05, 0) is 62.7 Å². The SMILES string of the molecule is CCn1ncc(CN(C)C(=O)c2nc(-c3ccc(O)c(C)c3)nc3ccc(Cl)cc23)c1C. The number of rotatable bonds is 5. The molecule has 2 heterocycles. The van der Waals surface area contributed by atoms with Crippen LogP contribution in [0, 0.1) is 13.8 Å². The molecule has 0 spiro atoms. The van der Waals surface area contributed by atoms with Crippen molar-refractivity contribution in [3.05, 3.63) is 70.1 Å². The maximum Gasteiger partial charge on any atom is 0.273 e. The second kappa shape index (κ2) is 8.59. The van der Waals surface area contributed by atoms with Crippen LogP contribution >= 0.6 is 11.6 Å². The van der Waals surface area contributed by atoms with Gasteiger partial charge in [0.2, 0.25) is 0 Å². The van der Waals surface area contributed by atoms with E-state index in [-0.39, 0.29) is 17.4 Å². The van der Waals surface area contributed by atoms with Gasteiger partial charge in [0, 0.05) is 47.4 Å². The van der Waals surface area contributed by atoms with Crippen molar-refractivity contribution >= 4 is 28.4 Å². The Morgan fingerprint density at radius 2 is 1.94 bits per heavy atom. The number of fused-ring (bicyclic) bond motifs is 1. The van der Waals surface area contributed by atoms with E-state index < -0.39 is 0 Å². The molecule has 0 fully saturated rings. The fraction of sp³-hybridized carbons (Fsp3) is 0.250. The van der Waals surface area contributed by atoms with Crippen LogP contribution in [0.3, 0.4) is 0 Å². The number of carbonyl (C=O) groups excluding carboxylic acids is 1. The molecule has 1 amide bonds. The summed E-state index contributed by atoms with van der Waals surface area (Å²) in [6.07, 6.45) is 1.79. The molecular weight excluding hydrogens is 426 g/mol. The Balaban J connectivity index is 1.78. The molecule has 7 nitrogen and oxygen atoms in total. The van der Waals surface area contributed by atoms with Gasteiger partial charge in [0.05, 0.1) is 11.7 Å². The lowest BCUT2D eigenvalue weighted by molar-refractivity contribution is 0.0781. The van der Waals surface area contributed by atoms with Crippen LogP contribution in [0.25, 0.3) is 22.3 Å². The number of phenolic OH excluding ortho intramolecular Hbond substituents is 1. The Morgan fingerprint density at radius 1 is 1.16 bits per heavy atom. The lowest BCUT2D eigenvalue weighted by Gasteiger charge is -2.18. The highest BCUT2D eigenvalue weighted by molar-refractivity contribution is 6.31. The van der Waals surface area contributed by atoms with E-state index in [0.29, 0.717) is 39.4 Å². The standard InChI is InChI=1S/C24H24ClN5O2/c1-5-30-15(3)17(12-26-30)13-29(4)24(32)22-19-11-18(25)7-8-20(19)27-23(28-22)16-6-9-21(31)14(2)10-16/h6-12,31H,5,13H2,1-4H3. The number of aryl methyl sites for hydroxylation is 2. The van der Waals surface area contributed by atoms with Gasteiger partial charge in [-0.2, -0.15) is 5.10 Å². The molecule has 32 heavy (non-hydrogen) atoms. The lowest BCUT2D eigenvalue weighted by atomic mass is 10.1. The molecule has 0 saturated carbocycles. The maximum atomic E-state index is 13.5. The first-order valence-electron chi connectivity index (χ1n) is 10.3. The maximum absolute atomic E-state index is 13.5. The molecule has 0 radical (unpaired) electrons. The number of hydrogen-bond acceptors (Lipinski definition) is 5. The summed E-state index contributed by atoms with van der Waals surface area (Å²) < 4.78 is 1.90. The second-order valence-corrected chi connectivity index (χ2v) is 8.23. The fourth-order valence-corrected chi connectivity index (χ4v) is 3.83.